The van der Waals surface area contributed by atoms with Gasteiger partial charge in [-0.15, -0.1) is 0 Å². The summed E-state index contributed by atoms with van der Waals surface area (Å²) in [5, 5.41) is 0. The van der Waals surface area contributed by atoms with Crippen molar-refractivity contribution in [2.45, 2.75) is 38.8 Å². The second-order valence-corrected chi connectivity index (χ2v) is 5.19. The molecule has 2 rings (SSSR count). The standard InChI is InChI=1S/C14H22N/c1-13-8-6-7-11-15(13,2)12-14-9-4-3-5-10-14/h3-5,9-10,13H,6-8,11-12H2,1-2H3/q+1. The van der Waals surface area contributed by atoms with E-state index in [0.717, 1.165) is 6.04 Å². The lowest BCUT2D eigenvalue weighted by Gasteiger charge is -2.43. The lowest BCUT2D eigenvalue weighted by atomic mass is 9.99. The first-order chi connectivity index (χ1) is 7.21. The first kappa shape index (κ1) is 10.7. The van der Waals surface area contributed by atoms with E-state index in [1.165, 1.54) is 42.4 Å². The number of rotatable bonds is 2. The molecule has 1 aliphatic rings. The first-order valence-corrected chi connectivity index (χ1v) is 6.09. The molecule has 0 spiro atoms. The molecule has 0 bridgehead atoms. The van der Waals surface area contributed by atoms with Crippen molar-refractivity contribution in [2.75, 3.05) is 13.6 Å². The molecule has 0 aliphatic carbocycles. The lowest BCUT2D eigenvalue weighted by Crippen LogP contribution is -2.52. The highest BCUT2D eigenvalue weighted by Gasteiger charge is 2.31. The highest BCUT2D eigenvalue weighted by atomic mass is 15.4. The summed E-state index contributed by atoms with van der Waals surface area (Å²) in [4.78, 5) is 0. The summed E-state index contributed by atoms with van der Waals surface area (Å²) in [7, 11) is 2.41. The average molecular weight is 204 g/mol. The molecule has 1 saturated heterocycles. The van der Waals surface area contributed by atoms with E-state index in [2.05, 4.69) is 44.3 Å². The van der Waals surface area contributed by atoms with Gasteiger partial charge in [0.2, 0.25) is 0 Å². The largest absolute Gasteiger partial charge is 0.320 e. The molecule has 1 fully saturated rings. The molecule has 2 unspecified atom stereocenters. The Bertz CT molecular complexity index is 306. The fourth-order valence-electron chi connectivity index (χ4n) is 2.68. The zero-order valence-electron chi connectivity index (χ0n) is 9.95. The van der Waals surface area contributed by atoms with E-state index in [-0.39, 0.29) is 0 Å². The normalized spacial score (nSPS) is 31.5. The Hall–Kier alpha value is -0.820. The number of quaternary nitrogens is 1. The van der Waals surface area contributed by atoms with Crippen LogP contribution in [0.1, 0.15) is 31.7 Å². The van der Waals surface area contributed by atoms with Crippen molar-refractivity contribution >= 4 is 0 Å². The van der Waals surface area contributed by atoms with Crippen LogP contribution in [0.25, 0.3) is 0 Å². The highest BCUT2D eigenvalue weighted by Crippen LogP contribution is 2.26. The van der Waals surface area contributed by atoms with Gasteiger partial charge in [0.25, 0.3) is 0 Å². The fraction of sp³-hybridized carbons (Fsp3) is 0.571. The van der Waals surface area contributed by atoms with Crippen LogP contribution < -0.4 is 0 Å². The summed E-state index contributed by atoms with van der Waals surface area (Å²) in [6, 6.07) is 11.7. The third kappa shape index (κ3) is 2.40. The molecule has 0 N–H and O–H groups in total. The fourth-order valence-corrected chi connectivity index (χ4v) is 2.68. The SMILES string of the molecule is CC1CCCC[N+]1(C)Cc1ccccc1. The number of hydrogen-bond donors (Lipinski definition) is 0. The van der Waals surface area contributed by atoms with Crippen molar-refractivity contribution in [3.8, 4) is 0 Å². The molecule has 1 heterocycles. The predicted octanol–water partition coefficient (Wildman–Crippen LogP) is 3.21. The van der Waals surface area contributed by atoms with Crippen LogP contribution in [0.3, 0.4) is 0 Å². The number of nitrogens with zero attached hydrogens (tertiary/aromatic N) is 1. The van der Waals surface area contributed by atoms with Crippen molar-refractivity contribution < 1.29 is 4.48 Å². The summed E-state index contributed by atoms with van der Waals surface area (Å²) in [6.07, 6.45) is 4.21. The Balaban J connectivity index is 2.09. The maximum absolute atomic E-state index is 2.41. The number of hydrogen-bond acceptors (Lipinski definition) is 0. The first-order valence-electron chi connectivity index (χ1n) is 6.09. The minimum atomic E-state index is 0.818. The topological polar surface area (TPSA) is 0 Å². The van der Waals surface area contributed by atoms with E-state index in [1.807, 2.05) is 0 Å². The molecule has 2 atom stereocenters. The molecular weight excluding hydrogens is 182 g/mol. The Kier molecular flexibility index (Phi) is 3.11. The van der Waals surface area contributed by atoms with Gasteiger partial charge in [0, 0.05) is 5.56 Å². The Labute approximate surface area is 93.3 Å². The summed E-state index contributed by atoms with van der Waals surface area (Å²) >= 11 is 0. The molecule has 0 saturated carbocycles. The van der Waals surface area contributed by atoms with Crippen molar-refractivity contribution in [3.63, 3.8) is 0 Å². The van der Waals surface area contributed by atoms with Crippen LogP contribution in [0.15, 0.2) is 30.3 Å². The van der Waals surface area contributed by atoms with E-state index < -0.39 is 0 Å². The monoisotopic (exact) mass is 204 g/mol. The number of piperidine rings is 1. The van der Waals surface area contributed by atoms with Crippen LogP contribution in [0, 0.1) is 0 Å². The second-order valence-electron chi connectivity index (χ2n) is 5.19. The molecule has 1 aliphatic heterocycles. The molecule has 1 aromatic rings. The molecule has 15 heavy (non-hydrogen) atoms. The predicted molar refractivity (Wildman–Crippen MR) is 64.5 cm³/mol. The smallest absolute Gasteiger partial charge is 0.104 e. The van der Waals surface area contributed by atoms with Gasteiger partial charge in [0.1, 0.15) is 6.54 Å². The van der Waals surface area contributed by atoms with E-state index in [9.17, 15) is 0 Å². The molecular formula is C14H22N+. The van der Waals surface area contributed by atoms with E-state index in [1.54, 1.807) is 0 Å². The molecule has 0 amide bonds. The maximum Gasteiger partial charge on any atom is 0.104 e. The molecule has 1 heteroatoms. The van der Waals surface area contributed by atoms with Gasteiger partial charge in [-0.25, -0.2) is 0 Å². The lowest BCUT2D eigenvalue weighted by molar-refractivity contribution is -0.948. The summed E-state index contributed by atoms with van der Waals surface area (Å²) in [6.45, 7) is 4.94. The van der Waals surface area contributed by atoms with Gasteiger partial charge in [0.05, 0.1) is 19.6 Å². The Morgan fingerprint density at radius 1 is 1.20 bits per heavy atom. The molecule has 0 radical (unpaired) electrons. The maximum atomic E-state index is 2.41. The minimum Gasteiger partial charge on any atom is -0.320 e. The average Bonchev–Trinajstić information content (AvgIpc) is 2.24. The van der Waals surface area contributed by atoms with Crippen LogP contribution in [0.2, 0.25) is 0 Å². The van der Waals surface area contributed by atoms with Gasteiger partial charge < -0.3 is 4.48 Å². The van der Waals surface area contributed by atoms with Gasteiger partial charge in [0.15, 0.2) is 0 Å². The highest BCUT2D eigenvalue weighted by molar-refractivity contribution is 5.13. The van der Waals surface area contributed by atoms with Crippen LogP contribution in [-0.4, -0.2) is 24.1 Å². The molecule has 1 nitrogen and oxygen atoms in total. The van der Waals surface area contributed by atoms with Gasteiger partial charge in [-0.05, 0) is 26.2 Å². The quantitative estimate of drug-likeness (QED) is 0.649. The third-order valence-corrected chi connectivity index (χ3v) is 3.99. The minimum absolute atomic E-state index is 0.818. The molecule has 1 aromatic carbocycles. The molecule has 82 valence electrons. The van der Waals surface area contributed by atoms with E-state index in [0.29, 0.717) is 0 Å². The Morgan fingerprint density at radius 3 is 2.60 bits per heavy atom. The molecule has 0 aromatic heterocycles. The zero-order chi connectivity index (χ0) is 10.7. The van der Waals surface area contributed by atoms with Gasteiger partial charge in [-0.2, -0.15) is 0 Å². The van der Waals surface area contributed by atoms with Crippen LogP contribution >= 0.6 is 0 Å². The van der Waals surface area contributed by atoms with Gasteiger partial charge in [-0.3, -0.25) is 0 Å². The van der Waals surface area contributed by atoms with Crippen LogP contribution in [0.5, 0.6) is 0 Å². The van der Waals surface area contributed by atoms with Crippen molar-refractivity contribution in [1.82, 2.24) is 0 Å². The van der Waals surface area contributed by atoms with Crippen LogP contribution in [-0.2, 0) is 6.54 Å². The number of likely N-dealkylation sites (tertiary alicyclic amines) is 1. The van der Waals surface area contributed by atoms with E-state index in [4.69, 9.17) is 0 Å². The van der Waals surface area contributed by atoms with E-state index >= 15 is 0 Å². The van der Waals surface area contributed by atoms with Gasteiger partial charge >= 0.3 is 0 Å². The Morgan fingerprint density at radius 2 is 1.93 bits per heavy atom. The second kappa shape index (κ2) is 4.36. The van der Waals surface area contributed by atoms with Gasteiger partial charge in [-0.1, -0.05) is 30.3 Å². The van der Waals surface area contributed by atoms with Crippen molar-refractivity contribution in [1.29, 1.82) is 0 Å². The van der Waals surface area contributed by atoms with Crippen molar-refractivity contribution in [2.24, 2.45) is 0 Å². The number of benzene rings is 1. The summed E-state index contributed by atoms with van der Waals surface area (Å²) < 4.78 is 1.23. The zero-order valence-corrected chi connectivity index (χ0v) is 9.95. The van der Waals surface area contributed by atoms with Crippen molar-refractivity contribution in [3.05, 3.63) is 35.9 Å². The summed E-state index contributed by atoms with van der Waals surface area (Å²) in [5.41, 5.74) is 1.48. The third-order valence-electron chi connectivity index (χ3n) is 3.99. The van der Waals surface area contributed by atoms with Crippen LogP contribution in [0.4, 0.5) is 0 Å². The summed E-state index contributed by atoms with van der Waals surface area (Å²) in [5.74, 6) is 0.